The minimum Gasteiger partial charge on any atom is -0.406 e. The zero-order valence-corrected chi connectivity index (χ0v) is 17.3. The van der Waals surface area contributed by atoms with E-state index in [1.54, 1.807) is 12.1 Å². The van der Waals surface area contributed by atoms with Crippen LogP contribution in [0.4, 0.5) is 13.2 Å². The molecule has 4 nitrogen and oxygen atoms in total. The number of hydrogen-bond acceptors (Lipinski definition) is 4. The van der Waals surface area contributed by atoms with Crippen molar-refractivity contribution in [2.75, 3.05) is 19.6 Å². The highest BCUT2D eigenvalue weighted by Crippen LogP contribution is 2.41. The average molecular weight is 445 g/mol. The molecule has 3 N–H and O–H groups in total. The summed E-state index contributed by atoms with van der Waals surface area (Å²) in [4.78, 5) is 2.21. The fraction of sp³-hybridized carbons (Fsp3) is 0.684. The Hall–Kier alpha value is -0.730. The van der Waals surface area contributed by atoms with E-state index in [0.717, 1.165) is 38.8 Å². The Morgan fingerprint density at radius 3 is 2.46 bits per heavy atom. The lowest BCUT2D eigenvalue weighted by Crippen LogP contribution is -2.44. The lowest BCUT2D eigenvalue weighted by Gasteiger charge is -2.41. The van der Waals surface area contributed by atoms with Crippen LogP contribution in [0.2, 0.25) is 0 Å². The first-order valence-corrected chi connectivity index (χ1v) is 9.31. The highest BCUT2D eigenvalue weighted by atomic mass is 35.5. The summed E-state index contributed by atoms with van der Waals surface area (Å²) < 4.78 is 41.8. The van der Waals surface area contributed by atoms with Gasteiger partial charge in [0.15, 0.2) is 0 Å². The van der Waals surface area contributed by atoms with Crippen LogP contribution >= 0.6 is 24.8 Å². The summed E-state index contributed by atoms with van der Waals surface area (Å²) in [5.74, 6) is -0.498. The van der Waals surface area contributed by atoms with Crippen molar-refractivity contribution in [1.82, 2.24) is 4.90 Å². The van der Waals surface area contributed by atoms with E-state index in [4.69, 9.17) is 5.73 Å². The lowest BCUT2D eigenvalue weighted by molar-refractivity contribution is -0.274. The highest BCUT2D eigenvalue weighted by Gasteiger charge is 2.40. The average Bonchev–Trinajstić information content (AvgIpc) is 2.97. The molecule has 1 aromatic rings. The molecule has 0 aromatic heterocycles. The molecule has 1 saturated carbocycles. The van der Waals surface area contributed by atoms with Gasteiger partial charge in [0.05, 0.1) is 5.60 Å². The molecule has 0 spiro atoms. The third-order valence-corrected chi connectivity index (χ3v) is 5.61. The minimum absolute atomic E-state index is 0. The van der Waals surface area contributed by atoms with Crippen LogP contribution in [-0.4, -0.2) is 47.6 Å². The Morgan fingerprint density at radius 2 is 1.89 bits per heavy atom. The number of halogens is 5. The van der Waals surface area contributed by atoms with Crippen LogP contribution in [0.1, 0.15) is 50.0 Å². The summed E-state index contributed by atoms with van der Waals surface area (Å²) in [5, 5.41) is 11.3. The Labute approximate surface area is 176 Å². The first-order chi connectivity index (χ1) is 12.3. The molecule has 28 heavy (non-hydrogen) atoms. The van der Waals surface area contributed by atoms with Crippen molar-refractivity contribution in [1.29, 1.82) is 0 Å². The van der Waals surface area contributed by atoms with E-state index in [2.05, 4.69) is 9.64 Å². The quantitative estimate of drug-likeness (QED) is 0.712. The molecule has 2 aliphatic rings. The SMILES string of the molecule is Cl.Cl.N[C@H]1CCN(CC(c2cccc(OC(F)(F)F)c2)C2(O)CCCCC2)C1. The van der Waals surface area contributed by atoms with E-state index >= 15 is 0 Å². The number of ether oxygens (including phenoxy) is 1. The summed E-state index contributed by atoms with van der Waals surface area (Å²) in [5.41, 5.74) is 5.79. The molecule has 2 atom stereocenters. The van der Waals surface area contributed by atoms with Gasteiger partial charge in [-0.05, 0) is 43.5 Å². The van der Waals surface area contributed by atoms with Gasteiger partial charge in [0, 0.05) is 25.0 Å². The Balaban J connectivity index is 0.00000196. The number of rotatable bonds is 5. The van der Waals surface area contributed by atoms with Crippen molar-refractivity contribution >= 4 is 24.8 Å². The number of hydrogen-bond donors (Lipinski definition) is 2. The maximum atomic E-state index is 12.6. The third kappa shape index (κ3) is 6.66. The van der Waals surface area contributed by atoms with Crippen LogP contribution in [-0.2, 0) is 0 Å². The maximum Gasteiger partial charge on any atom is 0.573 e. The van der Waals surface area contributed by atoms with Gasteiger partial charge in [-0.15, -0.1) is 38.0 Å². The second-order valence-corrected chi connectivity index (χ2v) is 7.65. The number of benzene rings is 1. The van der Waals surface area contributed by atoms with Gasteiger partial charge in [0.2, 0.25) is 0 Å². The van der Waals surface area contributed by atoms with Gasteiger partial charge in [0.25, 0.3) is 0 Å². The second-order valence-electron chi connectivity index (χ2n) is 7.65. The van der Waals surface area contributed by atoms with E-state index in [1.165, 1.54) is 12.1 Å². The monoisotopic (exact) mass is 444 g/mol. The Kier molecular flexibility index (Phi) is 9.35. The lowest BCUT2D eigenvalue weighted by atomic mass is 9.72. The van der Waals surface area contributed by atoms with Crippen LogP contribution in [0.15, 0.2) is 24.3 Å². The predicted molar refractivity (Wildman–Crippen MR) is 107 cm³/mol. The Bertz CT molecular complexity index is 613. The number of alkyl halides is 3. The summed E-state index contributed by atoms with van der Waals surface area (Å²) in [6.07, 6.45) is 0.473. The molecule has 0 amide bonds. The van der Waals surface area contributed by atoms with Crippen molar-refractivity contribution in [3.05, 3.63) is 29.8 Å². The predicted octanol–water partition coefficient (Wildman–Crippen LogP) is 4.24. The van der Waals surface area contributed by atoms with Crippen LogP contribution in [0.3, 0.4) is 0 Å². The van der Waals surface area contributed by atoms with Gasteiger partial charge in [-0.25, -0.2) is 0 Å². The molecular weight excluding hydrogens is 416 g/mol. The molecule has 1 saturated heterocycles. The van der Waals surface area contributed by atoms with Gasteiger partial charge in [0.1, 0.15) is 5.75 Å². The van der Waals surface area contributed by atoms with Crippen molar-refractivity contribution in [3.63, 3.8) is 0 Å². The standard InChI is InChI=1S/C19H27F3N2O2.2ClH/c20-19(21,22)26-16-6-4-5-14(11-16)17(13-24-10-7-15(23)12-24)18(25)8-2-1-3-9-18;;/h4-6,11,15,17,25H,1-3,7-10,12-13,23H2;2*1H/t15-,17?;;/m0../s1. The largest absolute Gasteiger partial charge is 0.573 e. The normalized spacial score (nSPS) is 23.4. The van der Waals surface area contributed by atoms with Gasteiger partial charge in [-0.2, -0.15) is 0 Å². The van der Waals surface area contributed by atoms with Crippen molar-refractivity contribution in [2.45, 2.75) is 62.4 Å². The third-order valence-electron chi connectivity index (χ3n) is 5.61. The zero-order chi connectivity index (χ0) is 18.8. The Morgan fingerprint density at radius 1 is 1.21 bits per heavy atom. The molecule has 1 aromatic carbocycles. The summed E-state index contributed by atoms with van der Waals surface area (Å²) in [7, 11) is 0. The molecule has 1 aliphatic heterocycles. The molecule has 0 radical (unpaired) electrons. The maximum absolute atomic E-state index is 12.6. The van der Waals surface area contributed by atoms with Gasteiger partial charge in [-0.1, -0.05) is 31.4 Å². The molecule has 0 bridgehead atoms. The van der Waals surface area contributed by atoms with E-state index < -0.39 is 12.0 Å². The molecule has 1 aliphatic carbocycles. The fourth-order valence-electron chi connectivity index (χ4n) is 4.31. The first-order valence-electron chi connectivity index (χ1n) is 9.31. The summed E-state index contributed by atoms with van der Waals surface area (Å²) in [6, 6.07) is 6.18. The highest BCUT2D eigenvalue weighted by molar-refractivity contribution is 5.85. The zero-order valence-electron chi connectivity index (χ0n) is 15.7. The van der Waals surface area contributed by atoms with Crippen molar-refractivity contribution in [2.24, 2.45) is 5.73 Å². The van der Waals surface area contributed by atoms with Crippen LogP contribution in [0, 0.1) is 0 Å². The molecule has 1 unspecified atom stereocenters. The number of nitrogens with zero attached hydrogens (tertiary/aromatic N) is 1. The molecular formula is C19H29Cl2F3N2O2. The van der Waals surface area contributed by atoms with Crippen molar-refractivity contribution in [3.8, 4) is 5.75 Å². The van der Waals surface area contributed by atoms with E-state index in [0.29, 0.717) is 24.9 Å². The smallest absolute Gasteiger partial charge is 0.406 e. The molecule has 3 rings (SSSR count). The first kappa shape index (κ1) is 25.3. The van der Waals surface area contributed by atoms with E-state index in [1.807, 2.05) is 0 Å². The van der Waals surface area contributed by atoms with Crippen LogP contribution in [0.25, 0.3) is 0 Å². The fourth-order valence-corrected chi connectivity index (χ4v) is 4.31. The molecule has 1 heterocycles. The number of nitrogens with two attached hydrogens (primary N) is 1. The molecule has 162 valence electrons. The van der Waals surface area contributed by atoms with E-state index in [-0.39, 0.29) is 42.5 Å². The second kappa shape index (κ2) is 10.3. The minimum atomic E-state index is -4.72. The van der Waals surface area contributed by atoms with Crippen LogP contribution < -0.4 is 10.5 Å². The topological polar surface area (TPSA) is 58.7 Å². The number of aliphatic hydroxyl groups is 1. The van der Waals surface area contributed by atoms with Crippen molar-refractivity contribution < 1.29 is 23.0 Å². The van der Waals surface area contributed by atoms with Crippen LogP contribution in [0.5, 0.6) is 5.75 Å². The van der Waals surface area contributed by atoms with Gasteiger partial charge < -0.3 is 20.5 Å². The van der Waals surface area contributed by atoms with E-state index in [9.17, 15) is 18.3 Å². The molecule has 9 heteroatoms. The molecule has 2 fully saturated rings. The van der Waals surface area contributed by atoms with Gasteiger partial charge in [-0.3, -0.25) is 0 Å². The number of likely N-dealkylation sites (tertiary alicyclic amines) is 1. The van der Waals surface area contributed by atoms with Gasteiger partial charge >= 0.3 is 6.36 Å². The summed E-state index contributed by atoms with van der Waals surface area (Å²) >= 11 is 0. The summed E-state index contributed by atoms with van der Waals surface area (Å²) in [6.45, 7) is 2.21.